The molecule has 3 heterocycles. The fraction of sp³-hybridized carbons (Fsp3) is 0.0455. The molecule has 0 spiro atoms. The van der Waals surface area contributed by atoms with Crippen LogP contribution in [0.4, 0.5) is 19.0 Å². The molecule has 0 saturated heterocycles. The van der Waals surface area contributed by atoms with E-state index in [-0.39, 0.29) is 5.56 Å². The highest BCUT2D eigenvalue weighted by Gasteiger charge is 2.34. The summed E-state index contributed by atoms with van der Waals surface area (Å²) in [5.74, 6) is -0.0994. The average Bonchev–Trinajstić information content (AvgIpc) is 3.23. The van der Waals surface area contributed by atoms with Crippen LogP contribution in [0.25, 0.3) is 39.2 Å². The number of hydrogen-bond acceptors (Lipinski definition) is 6. The molecule has 5 rings (SSSR count). The second-order valence-electron chi connectivity index (χ2n) is 7.03. The number of benzene rings is 2. The van der Waals surface area contributed by atoms with Gasteiger partial charge in [-0.3, -0.25) is 9.38 Å². The van der Waals surface area contributed by atoms with Crippen LogP contribution in [0.5, 0.6) is 0 Å². The van der Waals surface area contributed by atoms with E-state index in [1.165, 1.54) is 6.20 Å². The molecular formula is C22H12F3N7. The molecule has 0 atom stereocenters. The Morgan fingerprint density at radius 3 is 2.53 bits per heavy atom. The van der Waals surface area contributed by atoms with Crippen LogP contribution in [0, 0.1) is 11.3 Å². The van der Waals surface area contributed by atoms with Crippen LogP contribution in [0.2, 0.25) is 0 Å². The van der Waals surface area contributed by atoms with Crippen molar-refractivity contribution in [1.82, 2.24) is 24.6 Å². The second-order valence-corrected chi connectivity index (χ2v) is 7.03. The van der Waals surface area contributed by atoms with E-state index in [1.54, 1.807) is 53.1 Å². The van der Waals surface area contributed by atoms with Crippen LogP contribution in [0.1, 0.15) is 11.1 Å². The lowest BCUT2D eigenvalue weighted by Gasteiger charge is -2.12. The second kappa shape index (κ2) is 7.02. The number of nitriles is 1. The lowest BCUT2D eigenvalue weighted by atomic mass is 10.0. The number of hydrogen-bond donors (Lipinski definition) is 1. The molecule has 7 nitrogen and oxygen atoms in total. The van der Waals surface area contributed by atoms with Crippen molar-refractivity contribution in [2.75, 3.05) is 5.73 Å². The maximum absolute atomic E-state index is 13.3. The highest BCUT2D eigenvalue weighted by molar-refractivity contribution is 5.85. The molecule has 0 unspecified atom stereocenters. The van der Waals surface area contributed by atoms with Crippen LogP contribution < -0.4 is 5.73 Å². The van der Waals surface area contributed by atoms with Crippen molar-refractivity contribution in [2.45, 2.75) is 6.18 Å². The fourth-order valence-electron chi connectivity index (χ4n) is 3.51. The first kappa shape index (κ1) is 19.4. The molecular weight excluding hydrogens is 419 g/mol. The maximum Gasteiger partial charge on any atom is 0.419 e. The molecule has 0 aliphatic rings. The summed E-state index contributed by atoms with van der Waals surface area (Å²) < 4.78 is 41.6. The van der Waals surface area contributed by atoms with Gasteiger partial charge in [0.2, 0.25) is 0 Å². The van der Waals surface area contributed by atoms with Gasteiger partial charge in [-0.15, -0.1) is 10.2 Å². The highest BCUT2D eigenvalue weighted by atomic mass is 19.4. The molecule has 5 aromatic rings. The Bertz CT molecular complexity index is 1550. The Kier molecular flexibility index (Phi) is 4.27. The number of anilines is 1. The highest BCUT2D eigenvalue weighted by Crippen LogP contribution is 2.35. The molecule has 3 aromatic heterocycles. The lowest BCUT2D eigenvalue weighted by Crippen LogP contribution is -2.10. The Balaban J connectivity index is 1.74. The summed E-state index contributed by atoms with van der Waals surface area (Å²) >= 11 is 0. The Hall–Kier alpha value is -4.52. The van der Waals surface area contributed by atoms with E-state index in [0.717, 1.165) is 6.07 Å². The Labute approximate surface area is 178 Å². The van der Waals surface area contributed by atoms with Crippen molar-refractivity contribution in [2.24, 2.45) is 0 Å². The van der Waals surface area contributed by atoms with Crippen molar-refractivity contribution in [3.8, 4) is 28.6 Å². The van der Waals surface area contributed by atoms with E-state index in [1.807, 2.05) is 0 Å². The number of aromatic nitrogens is 5. The summed E-state index contributed by atoms with van der Waals surface area (Å²) in [5.41, 5.74) is 7.96. The molecule has 2 N–H and O–H groups in total. The number of alkyl halides is 3. The molecule has 0 radical (unpaired) electrons. The molecule has 0 bridgehead atoms. The number of nitrogens with zero attached hydrogens (tertiary/aromatic N) is 6. The van der Waals surface area contributed by atoms with E-state index in [9.17, 15) is 18.4 Å². The van der Waals surface area contributed by atoms with Gasteiger partial charge >= 0.3 is 6.18 Å². The quantitative estimate of drug-likeness (QED) is 0.442. The van der Waals surface area contributed by atoms with Gasteiger partial charge in [-0.05, 0) is 35.9 Å². The Morgan fingerprint density at radius 2 is 1.75 bits per heavy atom. The first-order chi connectivity index (χ1) is 15.3. The van der Waals surface area contributed by atoms with Crippen molar-refractivity contribution in [3.05, 3.63) is 72.1 Å². The van der Waals surface area contributed by atoms with Crippen LogP contribution in [0.3, 0.4) is 0 Å². The predicted octanol–water partition coefficient (Wildman–Crippen LogP) is 4.48. The maximum atomic E-state index is 13.3. The third-order valence-corrected chi connectivity index (χ3v) is 5.03. The minimum absolute atomic E-state index is 0.256. The zero-order valence-electron chi connectivity index (χ0n) is 16.2. The molecule has 2 aromatic carbocycles. The van der Waals surface area contributed by atoms with Gasteiger partial charge in [0.25, 0.3) is 0 Å². The first-order valence-electron chi connectivity index (χ1n) is 9.32. The summed E-state index contributed by atoms with van der Waals surface area (Å²) in [6.45, 7) is 0. The summed E-state index contributed by atoms with van der Waals surface area (Å²) in [4.78, 5) is 8.08. The third-order valence-electron chi connectivity index (χ3n) is 5.03. The van der Waals surface area contributed by atoms with Crippen LogP contribution >= 0.6 is 0 Å². The fourth-order valence-corrected chi connectivity index (χ4v) is 3.51. The smallest absolute Gasteiger partial charge is 0.383 e. The van der Waals surface area contributed by atoms with E-state index in [2.05, 4.69) is 26.2 Å². The van der Waals surface area contributed by atoms with E-state index in [0.29, 0.717) is 39.2 Å². The van der Waals surface area contributed by atoms with Gasteiger partial charge < -0.3 is 5.73 Å². The van der Waals surface area contributed by atoms with Crippen molar-refractivity contribution in [1.29, 1.82) is 5.26 Å². The number of nitrogen functional groups attached to an aromatic ring is 1. The van der Waals surface area contributed by atoms with Crippen LogP contribution in [-0.4, -0.2) is 24.6 Å². The van der Waals surface area contributed by atoms with Gasteiger partial charge in [-0.2, -0.15) is 18.4 Å². The van der Waals surface area contributed by atoms with Gasteiger partial charge in [0, 0.05) is 17.3 Å². The number of nitrogens with two attached hydrogens (primary N) is 1. The average molecular weight is 431 g/mol. The molecule has 0 aliphatic heterocycles. The van der Waals surface area contributed by atoms with Gasteiger partial charge in [-0.25, -0.2) is 4.98 Å². The standard InChI is InChI=1S/C22H12F3N7/c23-22(24,25)16-7-15(10-29-20(16)27)13-4-5-17-18(8-13)32-19(11-28-17)30-31-21(32)14-3-1-2-12(6-14)9-26/h1-8,10-11H,(H2,27,29). The monoisotopic (exact) mass is 431 g/mol. The normalized spacial score (nSPS) is 11.7. The predicted molar refractivity (Wildman–Crippen MR) is 111 cm³/mol. The Morgan fingerprint density at radius 1 is 0.906 bits per heavy atom. The van der Waals surface area contributed by atoms with Crippen molar-refractivity contribution >= 4 is 22.5 Å². The minimum atomic E-state index is -4.62. The molecule has 0 amide bonds. The number of rotatable bonds is 2. The molecule has 156 valence electrons. The zero-order valence-corrected chi connectivity index (χ0v) is 16.2. The lowest BCUT2D eigenvalue weighted by molar-refractivity contribution is -0.137. The van der Waals surface area contributed by atoms with Gasteiger partial charge in [0.15, 0.2) is 11.5 Å². The van der Waals surface area contributed by atoms with E-state index < -0.39 is 17.6 Å². The SMILES string of the molecule is N#Cc1cccc(-c2nnc3cnc4ccc(-c5cnc(N)c(C(F)(F)F)c5)cc4n23)c1. The van der Waals surface area contributed by atoms with Crippen molar-refractivity contribution in [3.63, 3.8) is 0 Å². The summed E-state index contributed by atoms with van der Waals surface area (Å²) in [6.07, 6.45) is -1.77. The number of fused-ring (bicyclic) bond motifs is 3. The molecule has 0 saturated carbocycles. The van der Waals surface area contributed by atoms with Gasteiger partial charge in [-0.1, -0.05) is 18.2 Å². The van der Waals surface area contributed by atoms with E-state index in [4.69, 9.17) is 5.73 Å². The molecule has 0 aliphatic carbocycles. The van der Waals surface area contributed by atoms with Gasteiger partial charge in [0.05, 0.1) is 34.4 Å². The summed E-state index contributed by atoms with van der Waals surface area (Å²) in [5, 5.41) is 17.6. The molecule has 32 heavy (non-hydrogen) atoms. The minimum Gasteiger partial charge on any atom is -0.383 e. The third kappa shape index (κ3) is 3.16. The number of pyridine rings is 1. The van der Waals surface area contributed by atoms with Crippen LogP contribution in [-0.2, 0) is 6.18 Å². The zero-order chi connectivity index (χ0) is 22.5. The molecule has 0 fully saturated rings. The van der Waals surface area contributed by atoms with Crippen LogP contribution in [0.15, 0.2) is 60.9 Å². The largest absolute Gasteiger partial charge is 0.419 e. The van der Waals surface area contributed by atoms with Crippen molar-refractivity contribution < 1.29 is 13.2 Å². The number of halogens is 3. The first-order valence-corrected chi connectivity index (χ1v) is 9.32. The van der Waals surface area contributed by atoms with E-state index >= 15 is 0 Å². The summed E-state index contributed by atoms with van der Waals surface area (Å²) in [6, 6.07) is 15.0. The topological polar surface area (TPSA) is 106 Å². The molecule has 10 heteroatoms. The van der Waals surface area contributed by atoms with Gasteiger partial charge in [0.1, 0.15) is 5.82 Å². The summed E-state index contributed by atoms with van der Waals surface area (Å²) in [7, 11) is 0.